The Balaban J connectivity index is 0.000000252. The minimum absolute atomic E-state index is 0.149. The molecule has 0 radical (unpaired) electrons. The number of allylic oxidation sites excluding steroid dienone is 1. The normalized spacial score (nSPS) is 21.2. The van der Waals surface area contributed by atoms with Crippen LogP contribution in [0.5, 0.6) is 0 Å². The molecule has 13 heavy (non-hydrogen) atoms. The van der Waals surface area contributed by atoms with Gasteiger partial charge in [0.2, 0.25) is 0 Å². The number of carboxylic acids is 1. The van der Waals surface area contributed by atoms with E-state index in [1.807, 2.05) is 6.08 Å². The van der Waals surface area contributed by atoms with Crippen molar-refractivity contribution in [3.05, 3.63) is 11.6 Å². The zero-order chi connectivity index (χ0) is 10.3. The summed E-state index contributed by atoms with van der Waals surface area (Å²) in [4.78, 5) is 9.37. The van der Waals surface area contributed by atoms with E-state index in [1.54, 1.807) is 6.92 Å². The van der Waals surface area contributed by atoms with E-state index in [2.05, 4.69) is 6.92 Å². The van der Waals surface area contributed by atoms with Crippen molar-refractivity contribution in [1.82, 2.24) is 0 Å². The Labute approximate surface area is 79.1 Å². The van der Waals surface area contributed by atoms with Crippen LogP contribution in [-0.2, 0) is 4.79 Å². The first-order valence-electron chi connectivity index (χ1n) is 4.63. The topological polar surface area (TPSA) is 57.5 Å². The van der Waals surface area contributed by atoms with Crippen molar-refractivity contribution in [2.24, 2.45) is 0 Å². The number of carbonyl (C=O) groups is 1. The predicted molar refractivity (Wildman–Crippen MR) is 51.5 cm³/mol. The number of carboxylic acid groups (broad SMARTS) is 1. The molecular formula is C10H18O3. The molecule has 0 aromatic carbocycles. The minimum atomic E-state index is -0.745. The zero-order valence-corrected chi connectivity index (χ0v) is 8.29. The molecule has 0 aromatic rings. The molecule has 3 heteroatoms. The van der Waals surface area contributed by atoms with Crippen LogP contribution in [0, 0.1) is 0 Å². The molecule has 0 saturated carbocycles. The van der Waals surface area contributed by atoms with Crippen LogP contribution in [0.3, 0.4) is 0 Å². The minimum Gasteiger partial charge on any atom is -0.481 e. The number of hydrogen-bond donors (Lipinski definition) is 2. The smallest absolute Gasteiger partial charge is 0.303 e. The lowest BCUT2D eigenvalue weighted by Crippen LogP contribution is -2.07. The van der Waals surface area contributed by atoms with Gasteiger partial charge in [-0.05, 0) is 26.2 Å². The Morgan fingerprint density at radius 3 is 2.46 bits per heavy atom. The summed E-state index contributed by atoms with van der Waals surface area (Å²) in [5.41, 5.74) is 1.34. The van der Waals surface area contributed by atoms with E-state index in [1.165, 1.54) is 12.0 Å². The van der Waals surface area contributed by atoms with Crippen molar-refractivity contribution in [3.63, 3.8) is 0 Å². The van der Waals surface area contributed by atoms with E-state index in [0.717, 1.165) is 12.8 Å². The van der Waals surface area contributed by atoms with Gasteiger partial charge in [0.15, 0.2) is 0 Å². The molecular weight excluding hydrogens is 168 g/mol. The average Bonchev–Trinajstić information content (AvgIpc) is 2.05. The van der Waals surface area contributed by atoms with Crippen molar-refractivity contribution < 1.29 is 15.0 Å². The highest BCUT2D eigenvalue weighted by molar-refractivity contribution is 5.66. The molecule has 0 saturated heterocycles. The lowest BCUT2D eigenvalue weighted by atomic mass is 9.99. The van der Waals surface area contributed by atoms with Gasteiger partial charge in [-0.25, -0.2) is 0 Å². The summed E-state index contributed by atoms with van der Waals surface area (Å²) in [6.45, 7) is 3.67. The highest BCUT2D eigenvalue weighted by Crippen LogP contribution is 2.16. The molecule has 0 heterocycles. The second kappa shape index (κ2) is 6.66. The highest BCUT2D eigenvalue weighted by atomic mass is 16.4. The van der Waals surface area contributed by atoms with Crippen LogP contribution in [0.1, 0.15) is 39.5 Å². The molecule has 76 valence electrons. The first-order chi connectivity index (χ1) is 6.06. The number of aliphatic hydroxyl groups is 1. The van der Waals surface area contributed by atoms with Gasteiger partial charge in [-0.2, -0.15) is 0 Å². The maximum atomic E-state index is 9.37. The lowest BCUT2D eigenvalue weighted by Gasteiger charge is -2.12. The number of hydrogen-bond acceptors (Lipinski definition) is 2. The highest BCUT2D eigenvalue weighted by Gasteiger charge is 2.05. The van der Waals surface area contributed by atoms with E-state index in [9.17, 15) is 4.79 Å². The van der Waals surface area contributed by atoms with Gasteiger partial charge in [0.1, 0.15) is 0 Å². The van der Waals surface area contributed by atoms with Gasteiger partial charge < -0.3 is 10.2 Å². The standard InChI is InChI=1S/C7H12O.C3H6O2/c1-6-3-2-4-7(8)5-6;1-2-3(4)5/h5,7-8H,2-4H2,1H3;2H2,1H3,(H,4,5). The summed E-state index contributed by atoms with van der Waals surface area (Å²) in [7, 11) is 0. The number of aliphatic carboxylic acids is 1. The van der Waals surface area contributed by atoms with E-state index < -0.39 is 5.97 Å². The van der Waals surface area contributed by atoms with E-state index >= 15 is 0 Å². The van der Waals surface area contributed by atoms with Gasteiger partial charge in [0.05, 0.1) is 6.10 Å². The van der Waals surface area contributed by atoms with Crippen molar-refractivity contribution in [2.45, 2.75) is 45.6 Å². The molecule has 2 N–H and O–H groups in total. The molecule has 3 nitrogen and oxygen atoms in total. The molecule has 1 aliphatic carbocycles. The number of aliphatic hydroxyl groups excluding tert-OH is 1. The monoisotopic (exact) mass is 186 g/mol. The molecule has 1 unspecified atom stereocenters. The third kappa shape index (κ3) is 7.53. The zero-order valence-electron chi connectivity index (χ0n) is 8.29. The molecule has 0 bridgehead atoms. The SMILES string of the molecule is CC1=CC(O)CCC1.CCC(=O)O. The fourth-order valence-electron chi connectivity index (χ4n) is 1.09. The second-order valence-electron chi connectivity index (χ2n) is 3.22. The van der Waals surface area contributed by atoms with E-state index in [0.29, 0.717) is 0 Å². The van der Waals surface area contributed by atoms with Crippen LogP contribution in [-0.4, -0.2) is 22.3 Å². The molecule has 0 aliphatic heterocycles. The Bertz CT molecular complexity index is 185. The summed E-state index contributed by atoms with van der Waals surface area (Å²) < 4.78 is 0. The third-order valence-corrected chi connectivity index (χ3v) is 1.85. The van der Waals surface area contributed by atoms with Gasteiger partial charge >= 0.3 is 5.97 Å². The van der Waals surface area contributed by atoms with Crippen LogP contribution in [0.4, 0.5) is 0 Å². The van der Waals surface area contributed by atoms with Gasteiger partial charge in [-0.15, -0.1) is 0 Å². The van der Waals surface area contributed by atoms with Crippen molar-refractivity contribution in [2.75, 3.05) is 0 Å². The van der Waals surface area contributed by atoms with Gasteiger partial charge in [-0.1, -0.05) is 18.6 Å². The second-order valence-corrected chi connectivity index (χ2v) is 3.22. The van der Waals surface area contributed by atoms with Gasteiger partial charge in [0.25, 0.3) is 0 Å². The summed E-state index contributed by atoms with van der Waals surface area (Å²) >= 11 is 0. The fourth-order valence-corrected chi connectivity index (χ4v) is 1.09. The maximum absolute atomic E-state index is 9.37. The van der Waals surface area contributed by atoms with Crippen LogP contribution in [0.15, 0.2) is 11.6 Å². The molecule has 1 rings (SSSR count). The van der Waals surface area contributed by atoms with Crippen LogP contribution < -0.4 is 0 Å². The molecule has 0 spiro atoms. The first-order valence-corrected chi connectivity index (χ1v) is 4.63. The number of rotatable bonds is 1. The molecule has 0 amide bonds. The van der Waals surface area contributed by atoms with Crippen LogP contribution in [0.25, 0.3) is 0 Å². The quantitative estimate of drug-likeness (QED) is 0.615. The van der Waals surface area contributed by atoms with Gasteiger partial charge in [-0.3, -0.25) is 4.79 Å². The average molecular weight is 186 g/mol. The lowest BCUT2D eigenvalue weighted by molar-refractivity contribution is -0.136. The largest absolute Gasteiger partial charge is 0.481 e. The molecule has 1 atom stereocenters. The Morgan fingerprint density at radius 2 is 2.23 bits per heavy atom. The van der Waals surface area contributed by atoms with Gasteiger partial charge in [0, 0.05) is 6.42 Å². The van der Waals surface area contributed by atoms with Crippen LogP contribution in [0.2, 0.25) is 0 Å². The Kier molecular flexibility index (Phi) is 6.24. The maximum Gasteiger partial charge on any atom is 0.303 e. The third-order valence-electron chi connectivity index (χ3n) is 1.85. The summed E-state index contributed by atoms with van der Waals surface area (Å²) in [6, 6.07) is 0. The summed E-state index contributed by atoms with van der Waals surface area (Å²) in [5, 5.41) is 16.7. The van der Waals surface area contributed by atoms with E-state index in [-0.39, 0.29) is 12.5 Å². The fraction of sp³-hybridized carbons (Fsp3) is 0.700. The van der Waals surface area contributed by atoms with Crippen LogP contribution >= 0.6 is 0 Å². The summed E-state index contributed by atoms with van der Waals surface area (Å²) in [6.07, 6.45) is 5.31. The van der Waals surface area contributed by atoms with Crippen molar-refractivity contribution in [1.29, 1.82) is 0 Å². The Morgan fingerprint density at radius 1 is 1.69 bits per heavy atom. The van der Waals surface area contributed by atoms with E-state index in [4.69, 9.17) is 10.2 Å². The first kappa shape index (κ1) is 12.2. The Hall–Kier alpha value is -0.830. The summed E-state index contributed by atoms with van der Waals surface area (Å²) in [5.74, 6) is -0.745. The molecule has 1 aliphatic rings. The molecule has 0 aromatic heterocycles. The van der Waals surface area contributed by atoms with Crippen molar-refractivity contribution >= 4 is 5.97 Å². The van der Waals surface area contributed by atoms with Crippen molar-refractivity contribution in [3.8, 4) is 0 Å². The molecule has 0 fully saturated rings. The predicted octanol–water partition coefficient (Wildman–Crippen LogP) is 1.96.